The third kappa shape index (κ3) is 2.89. The minimum Gasteiger partial charge on any atom is -0.374 e. The highest BCUT2D eigenvalue weighted by Crippen LogP contribution is 2.42. The molecule has 0 bridgehead atoms. The summed E-state index contributed by atoms with van der Waals surface area (Å²) in [5.41, 5.74) is 3.13. The molecular formula is C15H30N2O. The second-order valence-electron chi connectivity index (χ2n) is 6.37. The van der Waals surface area contributed by atoms with Crippen LogP contribution in [0.5, 0.6) is 0 Å². The van der Waals surface area contributed by atoms with Gasteiger partial charge in [0.2, 0.25) is 0 Å². The Labute approximate surface area is 112 Å². The van der Waals surface area contributed by atoms with Crippen molar-refractivity contribution in [3.63, 3.8) is 0 Å². The van der Waals surface area contributed by atoms with Crippen LogP contribution >= 0.6 is 0 Å². The Bertz CT molecular complexity index is 243. The molecule has 2 saturated carbocycles. The highest BCUT2D eigenvalue weighted by molar-refractivity contribution is 4.99. The Kier molecular flexibility index (Phi) is 5.05. The Morgan fingerprint density at radius 3 is 2.33 bits per heavy atom. The molecule has 0 heterocycles. The number of ether oxygens (including phenoxy) is 1. The van der Waals surface area contributed by atoms with Gasteiger partial charge in [-0.25, -0.2) is 0 Å². The van der Waals surface area contributed by atoms with E-state index in [-0.39, 0.29) is 5.60 Å². The van der Waals surface area contributed by atoms with Crippen molar-refractivity contribution in [1.82, 2.24) is 5.43 Å². The lowest BCUT2D eigenvalue weighted by Gasteiger charge is -2.46. The first-order valence-electron chi connectivity index (χ1n) is 7.82. The third-order valence-electron chi connectivity index (χ3n) is 5.17. The van der Waals surface area contributed by atoms with Gasteiger partial charge >= 0.3 is 0 Å². The van der Waals surface area contributed by atoms with Gasteiger partial charge in [-0.2, -0.15) is 0 Å². The van der Waals surface area contributed by atoms with Gasteiger partial charge in [0.1, 0.15) is 0 Å². The predicted octanol–water partition coefficient (Wildman–Crippen LogP) is 2.99. The summed E-state index contributed by atoms with van der Waals surface area (Å²) in [5.74, 6) is 7.47. The Morgan fingerprint density at radius 2 is 1.83 bits per heavy atom. The molecule has 0 amide bonds. The SMILES string of the molecule is CCOC1(C(NN)C2CCCC2)CCC(C)CC1. The van der Waals surface area contributed by atoms with E-state index in [0.29, 0.717) is 6.04 Å². The van der Waals surface area contributed by atoms with Crippen molar-refractivity contribution in [2.24, 2.45) is 17.7 Å². The van der Waals surface area contributed by atoms with Gasteiger partial charge in [-0.05, 0) is 57.3 Å². The Hall–Kier alpha value is -0.120. The van der Waals surface area contributed by atoms with Gasteiger partial charge in [0.25, 0.3) is 0 Å². The van der Waals surface area contributed by atoms with E-state index in [1.165, 1.54) is 51.4 Å². The molecule has 18 heavy (non-hydrogen) atoms. The summed E-state index contributed by atoms with van der Waals surface area (Å²) in [5, 5.41) is 0. The lowest BCUT2D eigenvalue weighted by Crippen LogP contribution is -2.59. The number of hydrazine groups is 1. The first kappa shape index (κ1) is 14.3. The number of rotatable bonds is 5. The van der Waals surface area contributed by atoms with E-state index in [9.17, 15) is 0 Å². The lowest BCUT2D eigenvalue weighted by molar-refractivity contribution is -0.108. The molecule has 2 fully saturated rings. The van der Waals surface area contributed by atoms with Crippen LogP contribution in [-0.2, 0) is 4.74 Å². The van der Waals surface area contributed by atoms with Crippen molar-refractivity contribution in [3.05, 3.63) is 0 Å². The first-order chi connectivity index (χ1) is 8.72. The van der Waals surface area contributed by atoms with E-state index >= 15 is 0 Å². The molecule has 1 unspecified atom stereocenters. The van der Waals surface area contributed by atoms with Crippen LogP contribution < -0.4 is 11.3 Å². The largest absolute Gasteiger partial charge is 0.374 e. The summed E-state index contributed by atoms with van der Waals surface area (Å²) in [6, 6.07) is 0.354. The quantitative estimate of drug-likeness (QED) is 0.585. The normalized spacial score (nSPS) is 35.8. The summed E-state index contributed by atoms with van der Waals surface area (Å²) in [7, 11) is 0. The number of nitrogens with one attached hydrogen (secondary N) is 1. The fourth-order valence-corrected chi connectivity index (χ4v) is 4.09. The minimum atomic E-state index is 0.00498. The highest BCUT2D eigenvalue weighted by atomic mass is 16.5. The van der Waals surface area contributed by atoms with Crippen LogP contribution in [0.4, 0.5) is 0 Å². The standard InChI is InChI=1S/C15H30N2O/c1-3-18-15(10-8-12(2)9-11-15)14(17-16)13-6-4-5-7-13/h12-14,17H,3-11,16H2,1-2H3. The van der Waals surface area contributed by atoms with Gasteiger partial charge in [0.05, 0.1) is 11.6 Å². The van der Waals surface area contributed by atoms with E-state index < -0.39 is 0 Å². The van der Waals surface area contributed by atoms with Crippen LogP contribution in [0.15, 0.2) is 0 Å². The van der Waals surface area contributed by atoms with Crippen molar-refractivity contribution in [3.8, 4) is 0 Å². The summed E-state index contributed by atoms with van der Waals surface area (Å²) < 4.78 is 6.24. The van der Waals surface area contributed by atoms with Crippen molar-refractivity contribution in [1.29, 1.82) is 0 Å². The van der Waals surface area contributed by atoms with Gasteiger partial charge < -0.3 is 4.74 Å². The molecule has 0 aliphatic heterocycles. The molecular weight excluding hydrogens is 224 g/mol. The van der Waals surface area contributed by atoms with Crippen LogP contribution in [0.3, 0.4) is 0 Å². The van der Waals surface area contributed by atoms with Gasteiger partial charge in [0.15, 0.2) is 0 Å². The molecule has 3 nitrogen and oxygen atoms in total. The highest BCUT2D eigenvalue weighted by Gasteiger charge is 2.45. The Morgan fingerprint density at radius 1 is 1.22 bits per heavy atom. The molecule has 0 aromatic heterocycles. The molecule has 0 aromatic carbocycles. The fraction of sp³-hybridized carbons (Fsp3) is 1.00. The molecule has 0 aromatic rings. The maximum absolute atomic E-state index is 6.24. The van der Waals surface area contributed by atoms with Crippen LogP contribution in [0, 0.1) is 11.8 Å². The van der Waals surface area contributed by atoms with E-state index in [2.05, 4.69) is 19.3 Å². The zero-order chi connectivity index (χ0) is 13.0. The number of nitrogens with two attached hydrogens (primary N) is 1. The van der Waals surface area contributed by atoms with Crippen molar-refractivity contribution >= 4 is 0 Å². The molecule has 2 rings (SSSR count). The minimum absolute atomic E-state index is 0.00498. The van der Waals surface area contributed by atoms with Gasteiger partial charge in [0, 0.05) is 6.61 Å². The molecule has 2 aliphatic carbocycles. The third-order valence-corrected chi connectivity index (χ3v) is 5.17. The molecule has 2 aliphatic rings. The average molecular weight is 254 g/mol. The predicted molar refractivity (Wildman–Crippen MR) is 75.1 cm³/mol. The maximum Gasteiger partial charge on any atom is 0.0850 e. The zero-order valence-electron chi connectivity index (χ0n) is 12.1. The number of hydrogen-bond acceptors (Lipinski definition) is 3. The molecule has 3 heteroatoms. The molecule has 106 valence electrons. The molecule has 1 atom stereocenters. The van der Waals surface area contributed by atoms with Crippen LogP contribution in [-0.4, -0.2) is 18.2 Å². The lowest BCUT2D eigenvalue weighted by atomic mass is 9.71. The molecule has 0 spiro atoms. The van der Waals surface area contributed by atoms with Crippen LogP contribution in [0.25, 0.3) is 0 Å². The number of hydrogen-bond donors (Lipinski definition) is 2. The van der Waals surface area contributed by atoms with Crippen LogP contribution in [0.2, 0.25) is 0 Å². The van der Waals surface area contributed by atoms with Gasteiger partial charge in [-0.15, -0.1) is 0 Å². The molecule has 3 N–H and O–H groups in total. The molecule has 0 saturated heterocycles. The van der Waals surface area contributed by atoms with E-state index in [1.807, 2.05) is 0 Å². The summed E-state index contributed by atoms with van der Waals surface area (Å²) in [6.07, 6.45) is 10.3. The van der Waals surface area contributed by atoms with E-state index in [4.69, 9.17) is 10.6 Å². The van der Waals surface area contributed by atoms with Crippen LogP contribution in [0.1, 0.15) is 65.2 Å². The van der Waals surface area contributed by atoms with Gasteiger partial charge in [-0.1, -0.05) is 19.8 Å². The summed E-state index contributed by atoms with van der Waals surface area (Å²) >= 11 is 0. The van der Waals surface area contributed by atoms with Crippen molar-refractivity contribution in [2.75, 3.05) is 6.61 Å². The molecule has 0 radical (unpaired) electrons. The average Bonchev–Trinajstić information content (AvgIpc) is 2.88. The fourth-order valence-electron chi connectivity index (χ4n) is 4.09. The van der Waals surface area contributed by atoms with Crippen molar-refractivity contribution < 1.29 is 4.74 Å². The summed E-state index contributed by atoms with van der Waals surface area (Å²) in [4.78, 5) is 0. The maximum atomic E-state index is 6.24. The zero-order valence-corrected chi connectivity index (χ0v) is 12.1. The Balaban J connectivity index is 2.10. The smallest absolute Gasteiger partial charge is 0.0850 e. The monoisotopic (exact) mass is 254 g/mol. The van der Waals surface area contributed by atoms with Gasteiger partial charge in [-0.3, -0.25) is 11.3 Å². The first-order valence-corrected chi connectivity index (χ1v) is 7.82. The van der Waals surface area contributed by atoms with E-state index in [0.717, 1.165) is 18.4 Å². The topological polar surface area (TPSA) is 47.3 Å². The van der Waals surface area contributed by atoms with Crippen molar-refractivity contribution in [2.45, 2.75) is 76.9 Å². The second kappa shape index (κ2) is 6.36. The second-order valence-corrected chi connectivity index (χ2v) is 6.37. The summed E-state index contributed by atoms with van der Waals surface area (Å²) in [6.45, 7) is 5.28. The van der Waals surface area contributed by atoms with E-state index in [1.54, 1.807) is 0 Å².